The second kappa shape index (κ2) is 6.24. The molecule has 1 aromatic rings. The summed E-state index contributed by atoms with van der Waals surface area (Å²) in [4.78, 5) is 0. The van der Waals surface area contributed by atoms with Gasteiger partial charge in [-0.1, -0.05) is 38.2 Å². The fraction of sp³-hybridized carbons (Fsp3) is 0.647. The van der Waals surface area contributed by atoms with E-state index in [2.05, 4.69) is 0 Å². The molecule has 4 heteroatoms. The third-order valence-electron chi connectivity index (χ3n) is 4.97. The van der Waals surface area contributed by atoms with Gasteiger partial charge < -0.3 is 20.7 Å². The van der Waals surface area contributed by atoms with Crippen molar-refractivity contribution in [1.29, 1.82) is 0 Å². The molecule has 3 rings (SSSR count). The lowest BCUT2D eigenvalue weighted by molar-refractivity contribution is -0.0352. The van der Waals surface area contributed by atoms with E-state index < -0.39 is 0 Å². The van der Waals surface area contributed by atoms with Crippen molar-refractivity contribution in [1.82, 2.24) is 0 Å². The van der Waals surface area contributed by atoms with E-state index >= 15 is 0 Å². The molecule has 1 aromatic carbocycles. The van der Waals surface area contributed by atoms with Gasteiger partial charge in [0, 0.05) is 18.5 Å². The summed E-state index contributed by atoms with van der Waals surface area (Å²) in [7, 11) is 0. The molecule has 2 aliphatic rings. The zero-order chi connectivity index (χ0) is 14.8. The van der Waals surface area contributed by atoms with Crippen LogP contribution in [0.15, 0.2) is 12.1 Å². The molecule has 1 aliphatic carbocycles. The van der Waals surface area contributed by atoms with E-state index in [1.54, 1.807) is 0 Å². The first-order chi connectivity index (χ1) is 10.2. The van der Waals surface area contributed by atoms with Gasteiger partial charge in [-0.25, -0.2) is 0 Å². The third kappa shape index (κ3) is 3.01. The fourth-order valence-electron chi connectivity index (χ4n) is 3.85. The van der Waals surface area contributed by atoms with Crippen LogP contribution in [0.2, 0.25) is 0 Å². The summed E-state index contributed by atoms with van der Waals surface area (Å²) in [6.07, 6.45) is 8.19. The lowest BCUT2D eigenvalue weighted by Crippen LogP contribution is -2.32. The van der Waals surface area contributed by atoms with E-state index in [1.807, 2.05) is 6.07 Å². The first kappa shape index (κ1) is 14.7. The topological polar surface area (TPSA) is 75.7 Å². The molecular weight excluding hydrogens is 266 g/mol. The Morgan fingerprint density at radius 3 is 2.62 bits per heavy atom. The van der Waals surface area contributed by atoms with Gasteiger partial charge in [0.2, 0.25) is 0 Å². The number of nitrogens with two attached hydrogens (primary N) is 1. The van der Waals surface area contributed by atoms with Gasteiger partial charge in [-0.3, -0.25) is 0 Å². The summed E-state index contributed by atoms with van der Waals surface area (Å²) in [5, 5.41) is 19.9. The van der Waals surface area contributed by atoms with Crippen LogP contribution < -0.4 is 5.73 Å². The number of fused-ring (bicyclic) bond motifs is 1. The van der Waals surface area contributed by atoms with Crippen molar-refractivity contribution < 1.29 is 14.9 Å². The maximum absolute atomic E-state index is 10.1. The van der Waals surface area contributed by atoms with E-state index in [9.17, 15) is 10.2 Å². The predicted octanol–water partition coefficient (Wildman–Crippen LogP) is 3.01. The van der Waals surface area contributed by atoms with Crippen LogP contribution in [0, 0.1) is 5.92 Å². The standard InChI is InChI=1S/C17H25NO3/c18-10-16-13-6-7-15(19)17(20)14(13)9-12(21-16)8-11-4-2-1-3-5-11/h6-7,11-12,16,19-20H,1-5,8-10,18H2. The van der Waals surface area contributed by atoms with Crippen LogP contribution in [0.5, 0.6) is 11.5 Å². The minimum atomic E-state index is -0.172. The van der Waals surface area contributed by atoms with E-state index in [1.165, 1.54) is 38.2 Å². The van der Waals surface area contributed by atoms with Crippen LogP contribution in [0.1, 0.15) is 55.8 Å². The molecule has 21 heavy (non-hydrogen) atoms. The van der Waals surface area contributed by atoms with Gasteiger partial charge in [0.05, 0.1) is 12.2 Å². The Kier molecular flexibility index (Phi) is 4.36. The zero-order valence-electron chi connectivity index (χ0n) is 12.4. The van der Waals surface area contributed by atoms with Gasteiger partial charge in [-0.05, 0) is 24.0 Å². The summed E-state index contributed by atoms with van der Waals surface area (Å²) in [6, 6.07) is 3.33. The van der Waals surface area contributed by atoms with E-state index in [0.717, 1.165) is 23.5 Å². The number of benzene rings is 1. The molecule has 1 fully saturated rings. The maximum Gasteiger partial charge on any atom is 0.161 e. The number of aromatic hydroxyl groups is 2. The molecule has 1 aliphatic heterocycles. The molecule has 4 nitrogen and oxygen atoms in total. The molecule has 0 bridgehead atoms. The average molecular weight is 291 g/mol. The Morgan fingerprint density at radius 1 is 1.14 bits per heavy atom. The highest BCUT2D eigenvalue weighted by Crippen LogP contribution is 2.41. The van der Waals surface area contributed by atoms with Crippen LogP contribution >= 0.6 is 0 Å². The molecule has 0 amide bonds. The monoisotopic (exact) mass is 291 g/mol. The maximum atomic E-state index is 10.1. The lowest BCUT2D eigenvalue weighted by atomic mass is 9.82. The van der Waals surface area contributed by atoms with Crippen molar-refractivity contribution in [3.05, 3.63) is 23.3 Å². The molecule has 4 N–H and O–H groups in total. The largest absolute Gasteiger partial charge is 0.504 e. The second-order valence-corrected chi connectivity index (χ2v) is 6.43. The Bertz CT molecular complexity index is 497. The Hall–Kier alpha value is -1.26. The normalized spacial score (nSPS) is 26.5. The summed E-state index contributed by atoms with van der Waals surface area (Å²) in [5.41, 5.74) is 7.57. The predicted molar refractivity (Wildman–Crippen MR) is 81.3 cm³/mol. The zero-order valence-corrected chi connectivity index (χ0v) is 12.4. The highest BCUT2D eigenvalue weighted by Gasteiger charge is 2.31. The molecule has 1 saturated carbocycles. The molecule has 2 atom stereocenters. The number of ether oxygens (including phenoxy) is 1. The van der Waals surface area contributed by atoms with Gasteiger partial charge in [-0.15, -0.1) is 0 Å². The average Bonchev–Trinajstić information content (AvgIpc) is 2.51. The van der Waals surface area contributed by atoms with Crippen molar-refractivity contribution in [3.63, 3.8) is 0 Å². The Balaban J connectivity index is 1.78. The van der Waals surface area contributed by atoms with Gasteiger partial charge >= 0.3 is 0 Å². The van der Waals surface area contributed by atoms with Gasteiger partial charge in [-0.2, -0.15) is 0 Å². The molecule has 0 radical (unpaired) electrons. The van der Waals surface area contributed by atoms with Crippen LogP contribution in [0.25, 0.3) is 0 Å². The van der Waals surface area contributed by atoms with Crippen LogP contribution in [0.4, 0.5) is 0 Å². The van der Waals surface area contributed by atoms with Crippen LogP contribution in [0.3, 0.4) is 0 Å². The molecule has 116 valence electrons. The van der Waals surface area contributed by atoms with E-state index in [-0.39, 0.29) is 23.7 Å². The van der Waals surface area contributed by atoms with Gasteiger partial charge in [0.25, 0.3) is 0 Å². The number of hydrogen-bond acceptors (Lipinski definition) is 4. The van der Waals surface area contributed by atoms with Crippen molar-refractivity contribution >= 4 is 0 Å². The fourth-order valence-corrected chi connectivity index (χ4v) is 3.85. The number of rotatable bonds is 3. The lowest BCUT2D eigenvalue weighted by Gasteiger charge is -2.35. The minimum Gasteiger partial charge on any atom is -0.504 e. The van der Waals surface area contributed by atoms with E-state index in [0.29, 0.717) is 13.0 Å². The number of hydrogen-bond donors (Lipinski definition) is 3. The minimum absolute atomic E-state index is 0.00268. The van der Waals surface area contributed by atoms with Crippen LogP contribution in [-0.2, 0) is 11.2 Å². The molecule has 1 heterocycles. The second-order valence-electron chi connectivity index (χ2n) is 6.43. The quantitative estimate of drug-likeness (QED) is 0.748. The smallest absolute Gasteiger partial charge is 0.161 e. The number of phenols is 2. The molecule has 0 aromatic heterocycles. The Labute approximate surface area is 125 Å². The van der Waals surface area contributed by atoms with Crippen molar-refractivity contribution in [3.8, 4) is 11.5 Å². The number of phenolic OH excluding ortho intramolecular Hbond substituents is 2. The SMILES string of the molecule is NCC1OC(CC2CCCCC2)Cc2c1ccc(O)c2O. The summed E-state index contributed by atoms with van der Waals surface area (Å²) in [5.74, 6) is 0.675. The molecule has 0 saturated heterocycles. The third-order valence-corrected chi connectivity index (χ3v) is 4.97. The van der Waals surface area contributed by atoms with Crippen molar-refractivity contribution in [2.75, 3.05) is 6.54 Å². The van der Waals surface area contributed by atoms with Gasteiger partial charge in [0.15, 0.2) is 11.5 Å². The summed E-state index contributed by atoms with van der Waals surface area (Å²) in [6.45, 7) is 0.401. The summed E-state index contributed by atoms with van der Waals surface area (Å²) >= 11 is 0. The molecule has 0 spiro atoms. The molecule has 2 unspecified atom stereocenters. The Morgan fingerprint density at radius 2 is 1.90 bits per heavy atom. The van der Waals surface area contributed by atoms with E-state index in [4.69, 9.17) is 10.5 Å². The van der Waals surface area contributed by atoms with Crippen molar-refractivity contribution in [2.24, 2.45) is 11.7 Å². The first-order valence-electron chi connectivity index (χ1n) is 8.08. The summed E-state index contributed by atoms with van der Waals surface area (Å²) < 4.78 is 6.14. The van der Waals surface area contributed by atoms with Crippen LogP contribution in [-0.4, -0.2) is 22.9 Å². The van der Waals surface area contributed by atoms with Crippen molar-refractivity contribution in [2.45, 2.75) is 57.2 Å². The highest BCUT2D eigenvalue weighted by molar-refractivity contribution is 5.50. The van der Waals surface area contributed by atoms with Gasteiger partial charge in [0.1, 0.15) is 0 Å². The first-order valence-corrected chi connectivity index (χ1v) is 8.08. The molecular formula is C17H25NO3. The highest BCUT2D eigenvalue weighted by atomic mass is 16.5.